The van der Waals surface area contributed by atoms with Crippen molar-refractivity contribution in [2.24, 2.45) is 5.41 Å². The molecule has 1 aromatic rings. The first-order valence-electron chi connectivity index (χ1n) is 8.25. The number of amides is 1. The summed E-state index contributed by atoms with van der Waals surface area (Å²) < 4.78 is 5.80. The predicted molar refractivity (Wildman–Crippen MR) is 84.8 cm³/mol. The van der Waals surface area contributed by atoms with Gasteiger partial charge >= 0.3 is 0 Å². The lowest BCUT2D eigenvalue weighted by Crippen LogP contribution is -2.41. The lowest BCUT2D eigenvalue weighted by Gasteiger charge is -2.41. The highest BCUT2D eigenvalue weighted by molar-refractivity contribution is 5.74. The van der Waals surface area contributed by atoms with Gasteiger partial charge in [0.1, 0.15) is 5.75 Å². The predicted octanol–water partition coefficient (Wildman–Crippen LogP) is 2.74. The summed E-state index contributed by atoms with van der Waals surface area (Å²) in [5.74, 6) is 0.948. The number of aliphatic hydroxyl groups is 1. The third kappa shape index (κ3) is 2.60. The summed E-state index contributed by atoms with van der Waals surface area (Å²) in [6.45, 7) is 4.22. The summed E-state index contributed by atoms with van der Waals surface area (Å²) in [5.41, 5.74) is 2.46. The van der Waals surface area contributed by atoms with E-state index in [0.717, 1.165) is 37.9 Å². The van der Waals surface area contributed by atoms with E-state index >= 15 is 0 Å². The Morgan fingerprint density at radius 3 is 2.77 bits per heavy atom. The molecule has 1 spiro atoms. The lowest BCUT2D eigenvalue weighted by molar-refractivity contribution is -0.121. The molecule has 2 aliphatic carbocycles. The first kappa shape index (κ1) is 15.3. The van der Waals surface area contributed by atoms with Gasteiger partial charge in [0.25, 0.3) is 0 Å². The molecular weight excluding hydrogens is 278 g/mol. The van der Waals surface area contributed by atoms with Crippen molar-refractivity contribution >= 4 is 5.91 Å². The van der Waals surface area contributed by atoms with Crippen LogP contribution < -0.4 is 10.1 Å². The number of hydrogen-bond donors (Lipinski definition) is 2. The molecular formula is C18H25NO3. The number of benzene rings is 1. The van der Waals surface area contributed by atoms with Crippen LogP contribution in [0, 0.1) is 5.41 Å². The fourth-order valence-corrected chi connectivity index (χ4v) is 4.19. The van der Waals surface area contributed by atoms with Crippen LogP contribution >= 0.6 is 0 Å². The molecule has 22 heavy (non-hydrogen) atoms. The summed E-state index contributed by atoms with van der Waals surface area (Å²) in [6, 6.07) is 6.17. The largest absolute Gasteiger partial charge is 0.494 e. The quantitative estimate of drug-likeness (QED) is 0.902. The normalized spacial score (nSPS) is 30.1. The Labute approximate surface area is 131 Å². The van der Waals surface area contributed by atoms with Gasteiger partial charge in [0, 0.05) is 12.5 Å². The second-order valence-electron chi connectivity index (χ2n) is 6.66. The SMILES string of the molecule is CCOc1cccc2c1CC1(CCC(O)CC1)C2NC(C)=O. The summed E-state index contributed by atoms with van der Waals surface area (Å²) in [6.07, 6.45) is 4.25. The minimum absolute atomic E-state index is 0.00478. The molecule has 1 unspecified atom stereocenters. The standard InChI is InChI=1S/C18H25NO3/c1-3-22-16-6-4-5-14-15(16)11-18(17(14)19-12(2)20)9-7-13(21)8-10-18/h4-6,13,17,21H,3,7-11H2,1-2H3,(H,19,20). The van der Waals surface area contributed by atoms with Gasteiger partial charge in [-0.25, -0.2) is 0 Å². The molecule has 0 radical (unpaired) electrons. The average molecular weight is 303 g/mol. The Balaban J connectivity index is 1.99. The Bertz CT molecular complexity index is 561. The maximum atomic E-state index is 11.7. The number of fused-ring (bicyclic) bond motifs is 1. The van der Waals surface area contributed by atoms with E-state index in [-0.39, 0.29) is 23.5 Å². The van der Waals surface area contributed by atoms with Gasteiger partial charge in [0.15, 0.2) is 0 Å². The molecule has 1 atom stereocenters. The molecule has 120 valence electrons. The molecule has 1 saturated carbocycles. The van der Waals surface area contributed by atoms with Crippen LogP contribution in [0.3, 0.4) is 0 Å². The lowest BCUT2D eigenvalue weighted by atomic mass is 9.68. The van der Waals surface area contributed by atoms with Crippen molar-refractivity contribution in [1.29, 1.82) is 0 Å². The highest BCUT2D eigenvalue weighted by Gasteiger charge is 2.49. The monoisotopic (exact) mass is 303 g/mol. The second-order valence-corrected chi connectivity index (χ2v) is 6.66. The van der Waals surface area contributed by atoms with E-state index in [1.807, 2.05) is 19.1 Å². The van der Waals surface area contributed by atoms with Crippen molar-refractivity contribution < 1.29 is 14.6 Å². The van der Waals surface area contributed by atoms with Crippen LogP contribution in [0.5, 0.6) is 5.75 Å². The van der Waals surface area contributed by atoms with Gasteiger partial charge in [0.05, 0.1) is 18.8 Å². The van der Waals surface area contributed by atoms with Crippen LogP contribution in [-0.4, -0.2) is 23.7 Å². The van der Waals surface area contributed by atoms with Crippen molar-refractivity contribution in [3.63, 3.8) is 0 Å². The fraction of sp³-hybridized carbons (Fsp3) is 0.611. The number of carbonyl (C=O) groups is 1. The second kappa shape index (κ2) is 5.92. The molecule has 4 heteroatoms. The first-order valence-corrected chi connectivity index (χ1v) is 8.25. The van der Waals surface area contributed by atoms with Gasteiger partial charge in [-0.15, -0.1) is 0 Å². The molecule has 0 heterocycles. The van der Waals surface area contributed by atoms with Gasteiger partial charge in [-0.05, 0) is 56.1 Å². The molecule has 1 amide bonds. The summed E-state index contributed by atoms with van der Waals surface area (Å²) in [7, 11) is 0. The van der Waals surface area contributed by atoms with Gasteiger partial charge in [-0.3, -0.25) is 4.79 Å². The van der Waals surface area contributed by atoms with E-state index in [9.17, 15) is 9.90 Å². The molecule has 4 nitrogen and oxygen atoms in total. The summed E-state index contributed by atoms with van der Waals surface area (Å²) in [5, 5.41) is 13.0. The first-order chi connectivity index (χ1) is 10.6. The molecule has 2 N–H and O–H groups in total. The van der Waals surface area contributed by atoms with Crippen molar-refractivity contribution in [2.45, 2.75) is 58.1 Å². The Kier molecular flexibility index (Phi) is 4.13. The molecule has 0 aromatic heterocycles. The van der Waals surface area contributed by atoms with E-state index in [4.69, 9.17) is 4.74 Å². The Hall–Kier alpha value is -1.55. The van der Waals surface area contributed by atoms with Crippen LogP contribution in [0.2, 0.25) is 0 Å². The average Bonchev–Trinajstić information content (AvgIpc) is 2.78. The van der Waals surface area contributed by atoms with Crippen molar-refractivity contribution in [3.05, 3.63) is 29.3 Å². The van der Waals surface area contributed by atoms with Crippen molar-refractivity contribution in [1.82, 2.24) is 5.32 Å². The zero-order chi connectivity index (χ0) is 15.7. The van der Waals surface area contributed by atoms with E-state index in [1.54, 1.807) is 6.92 Å². The minimum Gasteiger partial charge on any atom is -0.494 e. The maximum absolute atomic E-state index is 11.7. The summed E-state index contributed by atoms with van der Waals surface area (Å²) in [4.78, 5) is 11.7. The van der Waals surface area contributed by atoms with Crippen LogP contribution in [0.1, 0.15) is 56.7 Å². The van der Waals surface area contributed by atoms with Crippen LogP contribution in [-0.2, 0) is 11.2 Å². The molecule has 2 aliphatic rings. The smallest absolute Gasteiger partial charge is 0.217 e. The van der Waals surface area contributed by atoms with Gasteiger partial charge in [-0.1, -0.05) is 12.1 Å². The Morgan fingerprint density at radius 1 is 1.41 bits per heavy atom. The van der Waals surface area contributed by atoms with E-state index in [2.05, 4.69) is 11.4 Å². The van der Waals surface area contributed by atoms with Crippen molar-refractivity contribution in [2.75, 3.05) is 6.61 Å². The fourth-order valence-electron chi connectivity index (χ4n) is 4.19. The highest BCUT2D eigenvalue weighted by atomic mass is 16.5. The number of carbonyl (C=O) groups excluding carboxylic acids is 1. The van der Waals surface area contributed by atoms with Gasteiger partial charge in [0.2, 0.25) is 5.91 Å². The van der Waals surface area contributed by atoms with E-state index in [0.29, 0.717) is 6.61 Å². The minimum atomic E-state index is -0.196. The number of aliphatic hydroxyl groups excluding tert-OH is 1. The summed E-state index contributed by atoms with van der Waals surface area (Å²) >= 11 is 0. The third-order valence-corrected chi connectivity index (χ3v) is 5.22. The Morgan fingerprint density at radius 2 is 2.14 bits per heavy atom. The van der Waals surface area contributed by atoms with E-state index in [1.165, 1.54) is 11.1 Å². The number of hydrogen-bond acceptors (Lipinski definition) is 3. The van der Waals surface area contributed by atoms with E-state index < -0.39 is 0 Å². The topological polar surface area (TPSA) is 58.6 Å². The zero-order valence-electron chi connectivity index (χ0n) is 13.4. The van der Waals surface area contributed by atoms with Crippen LogP contribution in [0.4, 0.5) is 0 Å². The molecule has 0 aliphatic heterocycles. The third-order valence-electron chi connectivity index (χ3n) is 5.22. The zero-order valence-corrected chi connectivity index (χ0v) is 13.4. The van der Waals surface area contributed by atoms with Gasteiger partial charge < -0.3 is 15.2 Å². The molecule has 1 aromatic carbocycles. The highest BCUT2D eigenvalue weighted by Crippen LogP contribution is 2.55. The molecule has 0 saturated heterocycles. The molecule has 3 rings (SSSR count). The maximum Gasteiger partial charge on any atom is 0.217 e. The number of nitrogens with one attached hydrogen (secondary N) is 1. The van der Waals surface area contributed by atoms with Crippen LogP contribution in [0.25, 0.3) is 0 Å². The molecule has 1 fully saturated rings. The molecule has 0 bridgehead atoms. The number of ether oxygens (including phenoxy) is 1. The van der Waals surface area contributed by atoms with Gasteiger partial charge in [-0.2, -0.15) is 0 Å². The van der Waals surface area contributed by atoms with Crippen LogP contribution in [0.15, 0.2) is 18.2 Å². The number of rotatable bonds is 3. The van der Waals surface area contributed by atoms with Crippen molar-refractivity contribution in [3.8, 4) is 5.75 Å².